The second-order valence-electron chi connectivity index (χ2n) is 6.22. The lowest BCUT2D eigenvalue weighted by molar-refractivity contribution is 0.121. The number of thiophene rings is 1. The van der Waals surface area contributed by atoms with E-state index in [0.717, 1.165) is 19.5 Å². The summed E-state index contributed by atoms with van der Waals surface area (Å²) in [7, 11) is 0. The summed E-state index contributed by atoms with van der Waals surface area (Å²) in [5.41, 5.74) is 0. The molecule has 3 aromatic heterocycles. The third kappa shape index (κ3) is 3.60. The van der Waals surface area contributed by atoms with Gasteiger partial charge in [0.05, 0.1) is 12.8 Å². The van der Waals surface area contributed by atoms with Gasteiger partial charge in [-0.05, 0) is 55.8 Å². The van der Waals surface area contributed by atoms with Crippen LogP contribution < -0.4 is 0 Å². The van der Waals surface area contributed by atoms with Gasteiger partial charge >= 0.3 is 0 Å². The van der Waals surface area contributed by atoms with Crippen LogP contribution in [-0.2, 0) is 13.0 Å². The summed E-state index contributed by atoms with van der Waals surface area (Å²) in [5, 5.41) is 10.5. The normalized spacial score (nSPS) is 18.9. The number of hydrogen-bond acceptors (Lipinski definition) is 6. The van der Waals surface area contributed by atoms with Gasteiger partial charge in [0.15, 0.2) is 5.76 Å². The Morgan fingerprint density at radius 3 is 3.04 bits per heavy atom. The van der Waals surface area contributed by atoms with Crippen LogP contribution in [0.5, 0.6) is 0 Å². The maximum Gasteiger partial charge on any atom is 0.283 e. The molecule has 0 aromatic carbocycles. The van der Waals surface area contributed by atoms with Gasteiger partial charge in [-0.2, -0.15) is 0 Å². The van der Waals surface area contributed by atoms with Crippen molar-refractivity contribution in [1.82, 2.24) is 15.1 Å². The maximum absolute atomic E-state index is 5.77. The number of likely N-dealkylation sites (tertiary alicyclic amines) is 1. The van der Waals surface area contributed by atoms with Gasteiger partial charge in [0.1, 0.15) is 0 Å². The summed E-state index contributed by atoms with van der Waals surface area (Å²) in [6.45, 7) is 1.83. The summed E-state index contributed by atoms with van der Waals surface area (Å²) < 4.78 is 11.1. The zero-order chi connectivity index (χ0) is 16.2. The number of nitrogens with zero attached hydrogens (tertiary/aromatic N) is 3. The van der Waals surface area contributed by atoms with Crippen LogP contribution in [0.1, 0.15) is 36.5 Å². The van der Waals surface area contributed by atoms with Crippen molar-refractivity contribution >= 4 is 11.3 Å². The molecule has 0 radical (unpaired) electrons. The van der Waals surface area contributed by atoms with Gasteiger partial charge < -0.3 is 8.83 Å². The Kier molecular flexibility index (Phi) is 4.76. The average Bonchev–Trinajstić information content (AvgIpc) is 3.36. The van der Waals surface area contributed by atoms with Crippen LogP contribution in [0.25, 0.3) is 11.7 Å². The lowest BCUT2D eigenvalue weighted by atomic mass is 9.97. The number of aromatic nitrogens is 2. The fourth-order valence-electron chi connectivity index (χ4n) is 3.35. The molecule has 1 fully saturated rings. The molecule has 126 valence electrons. The van der Waals surface area contributed by atoms with Crippen molar-refractivity contribution in [2.24, 2.45) is 0 Å². The smallest absolute Gasteiger partial charge is 0.283 e. The zero-order valence-corrected chi connectivity index (χ0v) is 14.4. The highest BCUT2D eigenvalue weighted by atomic mass is 32.1. The van der Waals surface area contributed by atoms with E-state index in [0.29, 0.717) is 23.6 Å². The molecule has 3 aromatic rings. The van der Waals surface area contributed by atoms with Crippen molar-refractivity contribution in [2.45, 2.75) is 44.7 Å². The van der Waals surface area contributed by atoms with E-state index in [-0.39, 0.29) is 0 Å². The molecule has 0 bridgehead atoms. The van der Waals surface area contributed by atoms with Gasteiger partial charge in [0.25, 0.3) is 5.89 Å². The summed E-state index contributed by atoms with van der Waals surface area (Å²) >= 11 is 1.85. The first-order chi connectivity index (χ1) is 11.9. The number of rotatable bonds is 6. The Balaban J connectivity index is 1.39. The minimum atomic E-state index is 0.460. The van der Waals surface area contributed by atoms with Gasteiger partial charge in [-0.25, -0.2) is 0 Å². The standard InChI is InChI=1S/C18H21N3O2S/c1-2-10-21(14(5-1)8-9-15-6-4-12-24-15)13-17-19-20-18(23-17)16-7-3-11-22-16/h3-4,6-7,11-12,14H,1-2,5,8-10,13H2. The molecule has 0 saturated carbocycles. The van der Waals surface area contributed by atoms with Crippen LogP contribution in [0, 0.1) is 0 Å². The first-order valence-corrected chi connectivity index (χ1v) is 9.39. The van der Waals surface area contributed by atoms with E-state index < -0.39 is 0 Å². The largest absolute Gasteiger partial charge is 0.459 e. The van der Waals surface area contributed by atoms with Crippen molar-refractivity contribution in [1.29, 1.82) is 0 Å². The van der Waals surface area contributed by atoms with Gasteiger partial charge in [-0.3, -0.25) is 4.90 Å². The van der Waals surface area contributed by atoms with E-state index in [9.17, 15) is 0 Å². The average molecular weight is 343 g/mol. The fourth-order valence-corrected chi connectivity index (χ4v) is 4.07. The van der Waals surface area contributed by atoms with Gasteiger partial charge in [-0.15, -0.1) is 21.5 Å². The van der Waals surface area contributed by atoms with E-state index in [4.69, 9.17) is 8.83 Å². The van der Waals surface area contributed by atoms with E-state index in [1.165, 1.54) is 30.6 Å². The van der Waals surface area contributed by atoms with E-state index in [1.54, 1.807) is 6.26 Å². The molecule has 0 N–H and O–H groups in total. The quantitative estimate of drug-likeness (QED) is 0.665. The summed E-state index contributed by atoms with van der Waals surface area (Å²) in [5.74, 6) is 1.76. The zero-order valence-electron chi connectivity index (χ0n) is 13.6. The minimum Gasteiger partial charge on any atom is -0.459 e. The topological polar surface area (TPSA) is 55.3 Å². The molecule has 0 aliphatic carbocycles. The molecular formula is C18H21N3O2S. The fraction of sp³-hybridized carbons (Fsp3) is 0.444. The summed E-state index contributed by atoms with van der Waals surface area (Å²) in [6.07, 6.45) is 7.77. The molecular weight excluding hydrogens is 322 g/mol. The first-order valence-electron chi connectivity index (χ1n) is 8.51. The molecule has 1 aliphatic rings. The molecule has 5 nitrogen and oxygen atoms in total. The lowest BCUT2D eigenvalue weighted by Gasteiger charge is -2.34. The molecule has 1 atom stereocenters. The predicted octanol–water partition coefficient (Wildman–Crippen LogP) is 4.38. The van der Waals surface area contributed by atoms with Gasteiger partial charge in [-0.1, -0.05) is 12.5 Å². The van der Waals surface area contributed by atoms with Crippen molar-refractivity contribution in [3.8, 4) is 11.7 Å². The highest BCUT2D eigenvalue weighted by Crippen LogP contribution is 2.25. The Hall–Kier alpha value is -1.92. The van der Waals surface area contributed by atoms with E-state index in [1.807, 2.05) is 23.5 Å². The van der Waals surface area contributed by atoms with Crippen LogP contribution in [0.2, 0.25) is 0 Å². The van der Waals surface area contributed by atoms with E-state index >= 15 is 0 Å². The second-order valence-corrected chi connectivity index (χ2v) is 7.25. The van der Waals surface area contributed by atoms with Gasteiger partial charge in [0, 0.05) is 10.9 Å². The van der Waals surface area contributed by atoms with Crippen molar-refractivity contribution < 1.29 is 8.83 Å². The lowest BCUT2D eigenvalue weighted by Crippen LogP contribution is -2.39. The third-order valence-corrected chi connectivity index (χ3v) is 5.53. The van der Waals surface area contributed by atoms with E-state index in [2.05, 4.69) is 32.6 Å². The molecule has 0 amide bonds. The van der Waals surface area contributed by atoms with Crippen molar-refractivity contribution in [3.63, 3.8) is 0 Å². The summed E-state index contributed by atoms with van der Waals surface area (Å²) in [6, 6.07) is 8.62. The Morgan fingerprint density at radius 2 is 2.21 bits per heavy atom. The van der Waals surface area contributed by atoms with Gasteiger partial charge in [0.2, 0.25) is 5.89 Å². The van der Waals surface area contributed by atoms with Crippen LogP contribution in [0.15, 0.2) is 44.7 Å². The van der Waals surface area contributed by atoms with Crippen LogP contribution >= 0.6 is 11.3 Å². The first kappa shape index (κ1) is 15.6. The monoisotopic (exact) mass is 343 g/mol. The molecule has 4 rings (SSSR count). The minimum absolute atomic E-state index is 0.460. The molecule has 0 spiro atoms. The van der Waals surface area contributed by atoms with Crippen LogP contribution in [0.4, 0.5) is 0 Å². The number of piperidine rings is 1. The summed E-state index contributed by atoms with van der Waals surface area (Å²) in [4.78, 5) is 3.97. The highest BCUT2D eigenvalue weighted by Gasteiger charge is 2.24. The molecule has 4 heterocycles. The molecule has 1 unspecified atom stereocenters. The number of aryl methyl sites for hydroxylation is 1. The molecule has 6 heteroatoms. The third-order valence-electron chi connectivity index (χ3n) is 4.59. The SMILES string of the molecule is c1coc(-c2nnc(CN3CCCCC3CCc3cccs3)o2)c1. The van der Waals surface area contributed by atoms with Crippen LogP contribution in [-0.4, -0.2) is 27.7 Å². The molecule has 1 saturated heterocycles. The van der Waals surface area contributed by atoms with Crippen molar-refractivity contribution in [2.75, 3.05) is 6.54 Å². The highest BCUT2D eigenvalue weighted by molar-refractivity contribution is 7.09. The maximum atomic E-state index is 5.77. The Morgan fingerprint density at radius 1 is 1.21 bits per heavy atom. The number of furan rings is 1. The Bertz CT molecular complexity index is 736. The predicted molar refractivity (Wildman–Crippen MR) is 92.7 cm³/mol. The molecule has 1 aliphatic heterocycles. The van der Waals surface area contributed by atoms with Crippen molar-refractivity contribution in [3.05, 3.63) is 46.7 Å². The Labute approximate surface area is 145 Å². The second kappa shape index (κ2) is 7.32. The molecule has 24 heavy (non-hydrogen) atoms. The van der Waals surface area contributed by atoms with Crippen LogP contribution in [0.3, 0.4) is 0 Å². The number of hydrogen-bond donors (Lipinski definition) is 0.